The number of amides is 1. The van der Waals surface area contributed by atoms with E-state index in [9.17, 15) is 9.59 Å². The second kappa shape index (κ2) is 7.53. The van der Waals surface area contributed by atoms with Crippen LogP contribution in [0, 0.1) is 5.92 Å². The molecule has 0 aliphatic rings. The lowest BCUT2D eigenvalue weighted by Crippen LogP contribution is -2.38. The molecule has 1 aromatic rings. The number of benzene rings is 1. The molecule has 0 aliphatic carbocycles. The standard InChI is InChI=1S/C15H21NO4/c1-10(2)11(3)16-14(17)9-20-13-7-5-6-12(8-13)15(18)19-4/h5-8,10-11H,9H2,1-4H3,(H,16,17)/t11-/m0/s1. The van der Waals surface area contributed by atoms with Crippen molar-refractivity contribution in [2.75, 3.05) is 13.7 Å². The number of carbonyl (C=O) groups excluding carboxylic acids is 2. The highest BCUT2D eigenvalue weighted by molar-refractivity contribution is 5.89. The topological polar surface area (TPSA) is 64.6 Å². The normalized spacial score (nSPS) is 11.8. The third-order valence-electron chi connectivity index (χ3n) is 3.01. The van der Waals surface area contributed by atoms with Crippen LogP contribution in [-0.2, 0) is 9.53 Å². The SMILES string of the molecule is COC(=O)c1cccc(OCC(=O)N[C@@H](C)C(C)C)c1. The van der Waals surface area contributed by atoms with E-state index in [0.717, 1.165) is 0 Å². The van der Waals surface area contributed by atoms with Crippen molar-refractivity contribution >= 4 is 11.9 Å². The molecule has 0 saturated carbocycles. The van der Waals surface area contributed by atoms with E-state index in [1.165, 1.54) is 7.11 Å². The van der Waals surface area contributed by atoms with Crippen LogP contribution in [0.15, 0.2) is 24.3 Å². The fourth-order valence-corrected chi connectivity index (χ4v) is 1.44. The van der Waals surface area contributed by atoms with Crippen molar-refractivity contribution in [2.45, 2.75) is 26.8 Å². The molecule has 0 aromatic heterocycles. The molecular weight excluding hydrogens is 258 g/mol. The second-order valence-electron chi connectivity index (χ2n) is 4.91. The molecule has 0 bridgehead atoms. The molecule has 0 fully saturated rings. The highest BCUT2D eigenvalue weighted by Crippen LogP contribution is 2.14. The van der Waals surface area contributed by atoms with Gasteiger partial charge in [0.25, 0.3) is 5.91 Å². The van der Waals surface area contributed by atoms with Gasteiger partial charge in [0, 0.05) is 6.04 Å². The molecule has 0 radical (unpaired) electrons. The maximum Gasteiger partial charge on any atom is 0.337 e. The van der Waals surface area contributed by atoms with Crippen molar-refractivity contribution in [1.29, 1.82) is 0 Å². The monoisotopic (exact) mass is 279 g/mol. The average Bonchev–Trinajstić information content (AvgIpc) is 2.44. The summed E-state index contributed by atoms with van der Waals surface area (Å²) in [6.07, 6.45) is 0. The lowest BCUT2D eigenvalue weighted by Gasteiger charge is -2.17. The molecule has 5 nitrogen and oxygen atoms in total. The van der Waals surface area contributed by atoms with Gasteiger partial charge in [-0.05, 0) is 31.0 Å². The Kier molecular flexibility index (Phi) is 6.03. The smallest absolute Gasteiger partial charge is 0.337 e. The van der Waals surface area contributed by atoms with Crippen LogP contribution in [0.4, 0.5) is 0 Å². The molecule has 0 heterocycles. The number of esters is 1. The first-order chi connectivity index (χ1) is 9.43. The van der Waals surface area contributed by atoms with E-state index in [4.69, 9.17) is 4.74 Å². The molecule has 1 aromatic carbocycles. The fourth-order valence-electron chi connectivity index (χ4n) is 1.44. The predicted octanol–water partition coefficient (Wildman–Crippen LogP) is 2.01. The van der Waals surface area contributed by atoms with E-state index < -0.39 is 5.97 Å². The quantitative estimate of drug-likeness (QED) is 0.809. The highest BCUT2D eigenvalue weighted by atomic mass is 16.5. The highest BCUT2D eigenvalue weighted by Gasteiger charge is 2.12. The predicted molar refractivity (Wildman–Crippen MR) is 75.7 cm³/mol. The molecule has 1 amide bonds. The summed E-state index contributed by atoms with van der Waals surface area (Å²) in [6, 6.07) is 6.62. The Bertz CT molecular complexity index is 471. The average molecular weight is 279 g/mol. The molecular formula is C15H21NO4. The van der Waals surface area contributed by atoms with Gasteiger partial charge in [-0.3, -0.25) is 4.79 Å². The lowest BCUT2D eigenvalue weighted by molar-refractivity contribution is -0.124. The van der Waals surface area contributed by atoms with Crippen LogP contribution >= 0.6 is 0 Å². The van der Waals surface area contributed by atoms with Crippen LogP contribution in [-0.4, -0.2) is 31.6 Å². The summed E-state index contributed by atoms with van der Waals surface area (Å²) in [5, 5.41) is 2.84. The number of ether oxygens (including phenoxy) is 2. The number of nitrogens with one attached hydrogen (secondary N) is 1. The summed E-state index contributed by atoms with van der Waals surface area (Å²) in [5.41, 5.74) is 0.390. The van der Waals surface area contributed by atoms with Gasteiger partial charge in [0.05, 0.1) is 12.7 Å². The molecule has 1 N–H and O–H groups in total. The second-order valence-corrected chi connectivity index (χ2v) is 4.91. The Morgan fingerprint density at radius 1 is 1.25 bits per heavy atom. The summed E-state index contributed by atoms with van der Waals surface area (Å²) in [7, 11) is 1.32. The van der Waals surface area contributed by atoms with Crippen molar-refractivity contribution in [3.63, 3.8) is 0 Å². The van der Waals surface area contributed by atoms with Gasteiger partial charge in [-0.1, -0.05) is 19.9 Å². The minimum absolute atomic E-state index is 0.0817. The summed E-state index contributed by atoms with van der Waals surface area (Å²) in [5.74, 6) is 0.199. The summed E-state index contributed by atoms with van der Waals surface area (Å²) >= 11 is 0. The fraction of sp³-hybridized carbons (Fsp3) is 0.467. The molecule has 1 atom stereocenters. The Hall–Kier alpha value is -2.04. The van der Waals surface area contributed by atoms with Crippen molar-refractivity contribution in [3.05, 3.63) is 29.8 Å². The Morgan fingerprint density at radius 2 is 1.95 bits per heavy atom. The largest absolute Gasteiger partial charge is 0.484 e. The first-order valence-electron chi connectivity index (χ1n) is 6.54. The first-order valence-corrected chi connectivity index (χ1v) is 6.54. The van der Waals surface area contributed by atoms with Gasteiger partial charge in [-0.25, -0.2) is 4.79 Å². The van der Waals surface area contributed by atoms with Crippen molar-refractivity contribution in [1.82, 2.24) is 5.32 Å². The zero-order chi connectivity index (χ0) is 15.1. The molecule has 110 valence electrons. The Balaban J connectivity index is 2.53. The van der Waals surface area contributed by atoms with Gasteiger partial charge in [-0.15, -0.1) is 0 Å². The number of methoxy groups -OCH3 is 1. The minimum atomic E-state index is -0.437. The van der Waals surface area contributed by atoms with Gasteiger partial charge >= 0.3 is 5.97 Å². The first kappa shape index (κ1) is 16.0. The Labute approximate surface area is 119 Å². The molecule has 0 aliphatic heterocycles. The summed E-state index contributed by atoms with van der Waals surface area (Å²) in [6.45, 7) is 5.93. The van der Waals surface area contributed by atoms with Gasteiger partial charge in [0.2, 0.25) is 0 Å². The van der Waals surface area contributed by atoms with Gasteiger partial charge in [0.1, 0.15) is 5.75 Å². The van der Waals surface area contributed by atoms with Gasteiger partial charge in [0.15, 0.2) is 6.61 Å². The van der Waals surface area contributed by atoms with Crippen LogP contribution in [0.5, 0.6) is 5.75 Å². The maximum absolute atomic E-state index is 11.7. The third kappa shape index (κ3) is 4.91. The number of carbonyl (C=O) groups is 2. The van der Waals surface area contributed by atoms with Crippen LogP contribution in [0.2, 0.25) is 0 Å². The number of hydrogen-bond donors (Lipinski definition) is 1. The zero-order valence-corrected chi connectivity index (χ0v) is 12.3. The van der Waals surface area contributed by atoms with Crippen LogP contribution < -0.4 is 10.1 Å². The summed E-state index contributed by atoms with van der Waals surface area (Å²) in [4.78, 5) is 23.0. The van der Waals surface area contributed by atoms with Crippen LogP contribution in [0.1, 0.15) is 31.1 Å². The summed E-state index contributed by atoms with van der Waals surface area (Å²) < 4.78 is 9.99. The molecule has 5 heteroatoms. The Morgan fingerprint density at radius 3 is 2.55 bits per heavy atom. The maximum atomic E-state index is 11.7. The number of hydrogen-bond acceptors (Lipinski definition) is 4. The van der Waals surface area contributed by atoms with E-state index in [2.05, 4.69) is 10.1 Å². The van der Waals surface area contributed by atoms with E-state index in [0.29, 0.717) is 17.2 Å². The molecule has 0 unspecified atom stereocenters. The molecule has 20 heavy (non-hydrogen) atoms. The lowest BCUT2D eigenvalue weighted by atomic mass is 10.1. The van der Waals surface area contributed by atoms with Crippen molar-refractivity contribution in [2.24, 2.45) is 5.92 Å². The number of rotatable bonds is 6. The van der Waals surface area contributed by atoms with E-state index in [1.54, 1.807) is 24.3 Å². The van der Waals surface area contributed by atoms with Crippen molar-refractivity contribution < 1.29 is 19.1 Å². The van der Waals surface area contributed by atoms with Crippen molar-refractivity contribution in [3.8, 4) is 5.75 Å². The molecule has 0 spiro atoms. The van der Waals surface area contributed by atoms with E-state index in [-0.39, 0.29) is 18.6 Å². The molecule has 1 rings (SSSR count). The van der Waals surface area contributed by atoms with Crippen LogP contribution in [0.25, 0.3) is 0 Å². The van der Waals surface area contributed by atoms with Crippen LogP contribution in [0.3, 0.4) is 0 Å². The van der Waals surface area contributed by atoms with Gasteiger partial charge < -0.3 is 14.8 Å². The van der Waals surface area contributed by atoms with Gasteiger partial charge in [-0.2, -0.15) is 0 Å². The van der Waals surface area contributed by atoms with E-state index >= 15 is 0 Å². The molecule has 0 saturated heterocycles. The van der Waals surface area contributed by atoms with E-state index in [1.807, 2.05) is 20.8 Å². The minimum Gasteiger partial charge on any atom is -0.484 e. The zero-order valence-electron chi connectivity index (χ0n) is 12.3. The third-order valence-corrected chi connectivity index (χ3v) is 3.01.